The number of rotatable bonds is 14. The Kier molecular flexibility index (Phi) is 8.70. The molecule has 3 nitrogen and oxygen atoms in total. The van der Waals surface area contributed by atoms with Crippen molar-refractivity contribution in [3.05, 3.63) is 48.5 Å². The average molecular weight is 383 g/mol. The molecule has 0 spiro atoms. The molecule has 0 aromatic heterocycles. The fraction of sp³-hybridized carbons (Fsp3) is 0.520. The molecule has 28 heavy (non-hydrogen) atoms. The first-order chi connectivity index (χ1) is 13.8. The molecule has 1 saturated heterocycles. The standard InChI is InChI=1S/C25H34O3/c1-2-3-4-5-6-7-8-9-18-26-23-14-10-21(11-15-23)22-12-16-24(17-13-22)27-19-25-20-28-25/h10-17,25H,2-9,18-20H2,1H3. The SMILES string of the molecule is CCCCCCCCCCOc1ccc(-c2ccc(OCC3CO3)cc2)cc1. The van der Waals surface area contributed by atoms with Gasteiger partial charge >= 0.3 is 0 Å². The fourth-order valence-electron chi connectivity index (χ4n) is 3.27. The van der Waals surface area contributed by atoms with Crippen molar-refractivity contribution in [2.45, 2.75) is 64.4 Å². The van der Waals surface area contributed by atoms with Crippen LogP contribution in [0, 0.1) is 0 Å². The largest absolute Gasteiger partial charge is 0.494 e. The van der Waals surface area contributed by atoms with Crippen LogP contribution in [0.1, 0.15) is 58.3 Å². The lowest BCUT2D eigenvalue weighted by molar-refractivity contribution is 0.263. The average Bonchev–Trinajstić information content (AvgIpc) is 3.57. The predicted octanol–water partition coefficient (Wildman–Crippen LogP) is 6.65. The van der Waals surface area contributed by atoms with Gasteiger partial charge in [0.05, 0.1) is 13.2 Å². The van der Waals surface area contributed by atoms with Gasteiger partial charge in [-0.25, -0.2) is 0 Å². The van der Waals surface area contributed by atoms with Crippen LogP contribution in [0.2, 0.25) is 0 Å². The highest BCUT2D eigenvalue weighted by molar-refractivity contribution is 5.64. The van der Waals surface area contributed by atoms with Gasteiger partial charge in [0.15, 0.2) is 0 Å². The molecule has 0 aliphatic carbocycles. The van der Waals surface area contributed by atoms with E-state index in [1.165, 1.54) is 56.1 Å². The van der Waals surface area contributed by atoms with Crippen molar-refractivity contribution in [3.8, 4) is 22.6 Å². The maximum absolute atomic E-state index is 5.89. The van der Waals surface area contributed by atoms with E-state index in [0.29, 0.717) is 6.61 Å². The summed E-state index contributed by atoms with van der Waals surface area (Å²) in [6, 6.07) is 16.6. The Labute approximate surface area is 170 Å². The number of ether oxygens (including phenoxy) is 3. The molecule has 1 heterocycles. The van der Waals surface area contributed by atoms with Gasteiger partial charge in [-0.05, 0) is 41.8 Å². The molecule has 2 aromatic carbocycles. The summed E-state index contributed by atoms with van der Waals surface area (Å²) in [5.41, 5.74) is 2.38. The minimum absolute atomic E-state index is 0.290. The zero-order valence-electron chi connectivity index (χ0n) is 17.2. The van der Waals surface area contributed by atoms with E-state index >= 15 is 0 Å². The van der Waals surface area contributed by atoms with Crippen LogP contribution >= 0.6 is 0 Å². The van der Waals surface area contributed by atoms with Crippen LogP contribution in [-0.2, 0) is 4.74 Å². The molecule has 0 radical (unpaired) electrons. The van der Waals surface area contributed by atoms with E-state index in [2.05, 4.69) is 43.3 Å². The van der Waals surface area contributed by atoms with Crippen LogP contribution < -0.4 is 9.47 Å². The van der Waals surface area contributed by atoms with Gasteiger partial charge in [-0.2, -0.15) is 0 Å². The van der Waals surface area contributed by atoms with Gasteiger partial charge in [-0.15, -0.1) is 0 Å². The van der Waals surface area contributed by atoms with E-state index in [-0.39, 0.29) is 6.10 Å². The Morgan fingerprint density at radius 2 is 1.21 bits per heavy atom. The van der Waals surface area contributed by atoms with Crippen molar-refractivity contribution in [2.75, 3.05) is 19.8 Å². The fourth-order valence-corrected chi connectivity index (χ4v) is 3.27. The van der Waals surface area contributed by atoms with Crippen molar-refractivity contribution in [3.63, 3.8) is 0 Å². The lowest BCUT2D eigenvalue weighted by atomic mass is 10.1. The molecule has 3 rings (SSSR count). The zero-order chi connectivity index (χ0) is 19.4. The molecule has 1 aliphatic heterocycles. The van der Waals surface area contributed by atoms with E-state index < -0.39 is 0 Å². The van der Waals surface area contributed by atoms with E-state index in [0.717, 1.165) is 31.1 Å². The molecule has 0 saturated carbocycles. The van der Waals surface area contributed by atoms with E-state index in [1.54, 1.807) is 0 Å². The molecular weight excluding hydrogens is 348 g/mol. The summed E-state index contributed by atoms with van der Waals surface area (Å²) >= 11 is 0. The first-order valence-corrected chi connectivity index (χ1v) is 10.9. The van der Waals surface area contributed by atoms with Crippen LogP contribution in [-0.4, -0.2) is 25.9 Å². The van der Waals surface area contributed by atoms with Gasteiger partial charge in [-0.3, -0.25) is 0 Å². The van der Waals surface area contributed by atoms with Gasteiger partial charge in [-0.1, -0.05) is 76.1 Å². The number of benzene rings is 2. The maximum Gasteiger partial charge on any atom is 0.119 e. The summed E-state index contributed by atoms with van der Waals surface area (Å²) < 4.78 is 16.7. The summed E-state index contributed by atoms with van der Waals surface area (Å²) in [4.78, 5) is 0. The third-order valence-corrected chi connectivity index (χ3v) is 5.15. The summed E-state index contributed by atoms with van der Waals surface area (Å²) in [5, 5.41) is 0. The van der Waals surface area contributed by atoms with E-state index in [4.69, 9.17) is 14.2 Å². The molecule has 0 amide bonds. The summed E-state index contributed by atoms with van der Waals surface area (Å²) in [6.45, 7) is 4.54. The number of hydrogen-bond donors (Lipinski definition) is 0. The van der Waals surface area contributed by atoms with Crippen molar-refractivity contribution in [1.82, 2.24) is 0 Å². The molecule has 152 valence electrons. The minimum atomic E-state index is 0.290. The summed E-state index contributed by atoms with van der Waals surface area (Å²) in [7, 11) is 0. The molecule has 3 heteroatoms. The summed E-state index contributed by atoms with van der Waals surface area (Å²) in [6.07, 6.45) is 10.9. The molecular formula is C25H34O3. The van der Waals surface area contributed by atoms with Crippen molar-refractivity contribution < 1.29 is 14.2 Å². The molecule has 1 unspecified atom stereocenters. The highest BCUT2D eigenvalue weighted by Crippen LogP contribution is 2.25. The highest BCUT2D eigenvalue weighted by atomic mass is 16.6. The maximum atomic E-state index is 5.89. The normalized spacial score (nSPS) is 15.4. The van der Waals surface area contributed by atoms with Gasteiger partial charge in [0.1, 0.15) is 24.2 Å². The second kappa shape index (κ2) is 11.8. The van der Waals surface area contributed by atoms with E-state index in [9.17, 15) is 0 Å². The first kappa shape index (κ1) is 20.7. The Balaban J connectivity index is 1.33. The lowest BCUT2D eigenvalue weighted by Crippen LogP contribution is -2.03. The van der Waals surface area contributed by atoms with Gasteiger partial charge in [0.2, 0.25) is 0 Å². The second-order valence-corrected chi connectivity index (χ2v) is 7.64. The number of epoxide rings is 1. The van der Waals surface area contributed by atoms with Gasteiger partial charge < -0.3 is 14.2 Å². The Morgan fingerprint density at radius 1 is 0.714 bits per heavy atom. The van der Waals surface area contributed by atoms with Crippen molar-refractivity contribution >= 4 is 0 Å². The molecule has 1 fully saturated rings. The number of hydrogen-bond acceptors (Lipinski definition) is 3. The van der Waals surface area contributed by atoms with Crippen LogP contribution in [0.15, 0.2) is 48.5 Å². The molecule has 0 N–H and O–H groups in total. The van der Waals surface area contributed by atoms with Gasteiger partial charge in [0.25, 0.3) is 0 Å². The quantitative estimate of drug-likeness (QED) is 0.271. The smallest absolute Gasteiger partial charge is 0.119 e. The third-order valence-electron chi connectivity index (χ3n) is 5.15. The first-order valence-electron chi connectivity index (χ1n) is 10.9. The zero-order valence-corrected chi connectivity index (χ0v) is 17.2. The third kappa shape index (κ3) is 7.55. The highest BCUT2D eigenvalue weighted by Gasteiger charge is 2.22. The lowest BCUT2D eigenvalue weighted by Gasteiger charge is -2.09. The van der Waals surface area contributed by atoms with Crippen LogP contribution in [0.5, 0.6) is 11.5 Å². The topological polar surface area (TPSA) is 31.0 Å². The van der Waals surface area contributed by atoms with Crippen LogP contribution in [0.3, 0.4) is 0 Å². The minimum Gasteiger partial charge on any atom is -0.494 e. The Hall–Kier alpha value is -2.00. The molecule has 1 aliphatic rings. The monoisotopic (exact) mass is 382 g/mol. The summed E-state index contributed by atoms with van der Waals surface area (Å²) in [5.74, 6) is 1.85. The molecule has 0 bridgehead atoms. The van der Waals surface area contributed by atoms with Crippen molar-refractivity contribution in [1.29, 1.82) is 0 Å². The predicted molar refractivity (Wildman–Crippen MR) is 115 cm³/mol. The number of unbranched alkanes of at least 4 members (excludes halogenated alkanes) is 7. The van der Waals surface area contributed by atoms with Crippen LogP contribution in [0.25, 0.3) is 11.1 Å². The Morgan fingerprint density at radius 3 is 1.75 bits per heavy atom. The van der Waals surface area contributed by atoms with Gasteiger partial charge in [0, 0.05) is 0 Å². The molecule has 2 aromatic rings. The second-order valence-electron chi connectivity index (χ2n) is 7.64. The van der Waals surface area contributed by atoms with Crippen molar-refractivity contribution in [2.24, 2.45) is 0 Å². The Bertz CT molecular complexity index is 659. The molecule has 1 atom stereocenters. The van der Waals surface area contributed by atoms with Crippen LogP contribution in [0.4, 0.5) is 0 Å². The van der Waals surface area contributed by atoms with E-state index in [1.807, 2.05) is 12.1 Å².